The molecule has 1 saturated carbocycles. The molecule has 0 N–H and O–H groups in total. The Morgan fingerprint density at radius 2 is 1.95 bits per heavy atom. The summed E-state index contributed by atoms with van der Waals surface area (Å²) in [5, 5.41) is -0.514. The highest BCUT2D eigenvalue weighted by atomic mass is 35.5. The van der Waals surface area contributed by atoms with Crippen LogP contribution >= 0.6 is 11.6 Å². The van der Waals surface area contributed by atoms with Crippen molar-refractivity contribution in [2.45, 2.75) is 50.8 Å². The molecule has 1 aromatic carbocycles. The van der Waals surface area contributed by atoms with Crippen LogP contribution in [0.3, 0.4) is 0 Å². The van der Waals surface area contributed by atoms with Crippen molar-refractivity contribution in [3.05, 3.63) is 29.3 Å². The second kappa shape index (κ2) is 6.41. The number of nitrogens with zero attached hydrogens (tertiary/aromatic N) is 1. The zero-order valence-electron chi connectivity index (χ0n) is 13.0. The molecule has 0 saturated heterocycles. The van der Waals surface area contributed by atoms with Crippen LogP contribution in [0.5, 0.6) is 0 Å². The zero-order chi connectivity index (χ0) is 15.7. The Bertz CT molecular complexity index is 591. The van der Waals surface area contributed by atoms with E-state index < -0.39 is 5.38 Å². The number of hydrogen-bond acceptors (Lipinski definition) is 2. The lowest BCUT2D eigenvalue weighted by Gasteiger charge is -2.26. The van der Waals surface area contributed by atoms with E-state index >= 15 is 0 Å². The number of anilines is 1. The van der Waals surface area contributed by atoms with Crippen molar-refractivity contribution in [1.82, 2.24) is 0 Å². The van der Waals surface area contributed by atoms with Gasteiger partial charge in [-0.25, -0.2) is 0 Å². The molecule has 1 atom stereocenters. The van der Waals surface area contributed by atoms with E-state index in [4.69, 9.17) is 11.6 Å². The smallest absolute Gasteiger partial charge is 0.230 e. The van der Waals surface area contributed by atoms with E-state index in [1.54, 1.807) is 13.0 Å². The van der Waals surface area contributed by atoms with Gasteiger partial charge in [0.25, 0.3) is 0 Å². The van der Waals surface area contributed by atoms with Gasteiger partial charge in [-0.15, -0.1) is 11.6 Å². The summed E-state index contributed by atoms with van der Waals surface area (Å²) >= 11 is 5.88. The van der Waals surface area contributed by atoms with Crippen LogP contribution < -0.4 is 4.90 Å². The molecule has 1 heterocycles. The lowest BCUT2D eigenvalue weighted by Crippen LogP contribution is -2.35. The molecular weight excluding hydrogens is 298 g/mol. The van der Waals surface area contributed by atoms with Gasteiger partial charge in [0.1, 0.15) is 0 Å². The van der Waals surface area contributed by atoms with E-state index in [0.29, 0.717) is 5.56 Å². The number of ketones is 1. The van der Waals surface area contributed by atoms with Crippen molar-refractivity contribution < 1.29 is 9.59 Å². The molecule has 2 aliphatic rings. The molecule has 3 rings (SSSR count). The van der Waals surface area contributed by atoms with E-state index in [2.05, 4.69) is 0 Å². The SMILES string of the molecule is CC(Cl)C(=O)c1ccc2c(c1)CCN2C(=O)C1CCCCC1. The van der Waals surface area contributed by atoms with Gasteiger partial charge in [0.2, 0.25) is 5.91 Å². The highest BCUT2D eigenvalue weighted by Gasteiger charge is 2.31. The molecule has 0 spiro atoms. The number of halogens is 1. The molecule has 1 aromatic rings. The van der Waals surface area contributed by atoms with Gasteiger partial charge < -0.3 is 4.90 Å². The molecule has 4 heteroatoms. The van der Waals surface area contributed by atoms with Gasteiger partial charge in [-0.2, -0.15) is 0 Å². The molecule has 1 fully saturated rings. The minimum atomic E-state index is -0.514. The fourth-order valence-corrected chi connectivity index (χ4v) is 3.71. The number of amides is 1. The van der Waals surface area contributed by atoms with Gasteiger partial charge in [-0.3, -0.25) is 9.59 Å². The lowest BCUT2D eigenvalue weighted by molar-refractivity contribution is -0.123. The Morgan fingerprint density at radius 1 is 1.23 bits per heavy atom. The highest BCUT2D eigenvalue weighted by molar-refractivity contribution is 6.33. The topological polar surface area (TPSA) is 37.4 Å². The van der Waals surface area contributed by atoms with Gasteiger partial charge in [-0.1, -0.05) is 19.3 Å². The Morgan fingerprint density at radius 3 is 2.64 bits per heavy atom. The summed E-state index contributed by atoms with van der Waals surface area (Å²) in [4.78, 5) is 26.6. The minimum absolute atomic E-state index is 0.0541. The largest absolute Gasteiger partial charge is 0.312 e. The summed E-state index contributed by atoms with van der Waals surface area (Å²) in [6.45, 7) is 2.43. The highest BCUT2D eigenvalue weighted by Crippen LogP contribution is 2.33. The third-order valence-corrected chi connectivity index (χ3v) is 5.04. The first-order valence-electron chi connectivity index (χ1n) is 8.20. The van der Waals surface area contributed by atoms with Crippen LogP contribution in [-0.4, -0.2) is 23.6 Å². The van der Waals surface area contributed by atoms with E-state index in [-0.39, 0.29) is 17.6 Å². The fraction of sp³-hybridized carbons (Fsp3) is 0.556. The summed E-state index contributed by atoms with van der Waals surface area (Å²) < 4.78 is 0. The Labute approximate surface area is 136 Å². The van der Waals surface area contributed by atoms with Crippen LogP contribution in [-0.2, 0) is 11.2 Å². The van der Waals surface area contributed by atoms with E-state index in [9.17, 15) is 9.59 Å². The van der Waals surface area contributed by atoms with E-state index in [1.807, 2.05) is 17.0 Å². The maximum Gasteiger partial charge on any atom is 0.230 e. The Hall–Kier alpha value is -1.35. The normalized spacial score (nSPS) is 19.8. The minimum Gasteiger partial charge on any atom is -0.312 e. The number of hydrogen-bond donors (Lipinski definition) is 0. The summed E-state index contributed by atoms with van der Waals surface area (Å²) in [6, 6.07) is 5.62. The van der Waals surface area contributed by atoms with Gasteiger partial charge in [0, 0.05) is 23.7 Å². The van der Waals surface area contributed by atoms with Crippen molar-refractivity contribution in [2.24, 2.45) is 5.92 Å². The average molecular weight is 320 g/mol. The number of carbonyl (C=O) groups excluding carboxylic acids is 2. The van der Waals surface area contributed by atoms with Crippen LogP contribution in [0.25, 0.3) is 0 Å². The summed E-state index contributed by atoms with van der Waals surface area (Å²) in [7, 11) is 0. The van der Waals surface area contributed by atoms with Crippen molar-refractivity contribution >= 4 is 29.0 Å². The molecule has 1 unspecified atom stereocenters. The third kappa shape index (κ3) is 2.91. The van der Waals surface area contributed by atoms with Gasteiger partial charge >= 0.3 is 0 Å². The van der Waals surface area contributed by atoms with Crippen LogP contribution in [0.2, 0.25) is 0 Å². The second-order valence-corrected chi connectivity index (χ2v) is 7.05. The fourth-order valence-electron chi connectivity index (χ4n) is 3.58. The van der Waals surface area contributed by atoms with Crippen molar-refractivity contribution in [3.8, 4) is 0 Å². The van der Waals surface area contributed by atoms with Crippen LogP contribution in [0.4, 0.5) is 5.69 Å². The number of carbonyl (C=O) groups is 2. The first kappa shape index (κ1) is 15.5. The molecule has 3 nitrogen and oxygen atoms in total. The standard InChI is InChI=1S/C18H22ClNO2/c1-12(19)17(21)15-7-8-16-14(11-15)9-10-20(16)18(22)13-5-3-2-4-6-13/h7-8,11-13H,2-6,9-10H2,1H3. The molecule has 118 valence electrons. The summed E-state index contributed by atoms with van der Waals surface area (Å²) in [6.07, 6.45) is 6.44. The predicted octanol–water partition coefficient (Wildman–Crippen LogP) is 3.97. The maximum atomic E-state index is 12.7. The first-order valence-corrected chi connectivity index (χ1v) is 8.64. The molecular formula is C18H22ClNO2. The van der Waals surface area contributed by atoms with Gasteiger partial charge in [0.05, 0.1) is 5.38 Å². The summed E-state index contributed by atoms with van der Waals surface area (Å²) in [5.41, 5.74) is 2.72. The van der Waals surface area contributed by atoms with Crippen molar-refractivity contribution in [1.29, 1.82) is 0 Å². The quantitative estimate of drug-likeness (QED) is 0.624. The van der Waals surface area contributed by atoms with Crippen LogP contribution in [0, 0.1) is 5.92 Å². The zero-order valence-corrected chi connectivity index (χ0v) is 13.7. The molecule has 1 aliphatic carbocycles. The maximum absolute atomic E-state index is 12.7. The van der Waals surface area contributed by atoms with E-state index in [0.717, 1.165) is 49.9 Å². The van der Waals surface area contributed by atoms with Crippen molar-refractivity contribution in [2.75, 3.05) is 11.4 Å². The second-order valence-electron chi connectivity index (χ2n) is 6.40. The molecule has 0 radical (unpaired) electrons. The number of fused-ring (bicyclic) bond motifs is 1. The van der Waals surface area contributed by atoms with E-state index in [1.165, 1.54) is 6.42 Å². The third-order valence-electron chi connectivity index (χ3n) is 4.84. The predicted molar refractivity (Wildman–Crippen MR) is 88.7 cm³/mol. The van der Waals surface area contributed by atoms with Crippen LogP contribution in [0.1, 0.15) is 54.9 Å². The van der Waals surface area contributed by atoms with Gasteiger partial charge in [0.15, 0.2) is 5.78 Å². The molecule has 0 aromatic heterocycles. The number of rotatable bonds is 3. The number of benzene rings is 1. The molecule has 22 heavy (non-hydrogen) atoms. The molecule has 1 amide bonds. The van der Waals surface area contributed by atoms with Crippen LogP contribution in [0.15, 0.2) is 18.2 Å². The molecule has 0 bridgehead atoms. The lowest BCUT2D eigenvalue weighted by atomic mass is 9.88. The van der Waals surface area contributed by atoms with Crippen molar-refractivity contribution in [3.63, 3.8) is 0 Å². The molecule has 1 aliphatic heterocycles. The van der Waals surface area contributed by atoms with Gasteiger partial charge in [-0.05, 0) is 49.9 Å². The Kier molecular flexibility index (Phi) is 4.53. The first-order chi connectivity index (χ1) is 10.6. The summed E-state index contributed by atoms with van der Waals surface area (Å²) in [5.74, 6) is 0.397. The number of Topliss-reactive ketones (excluding diaryl/α,β-unsaturated/α-hetero) is 1. The number of alkyl halides is 1. The monoisotopic (exact) mass is 319 g/mol. The Balaban J connectivity index is 1.80. The average Bonchev–Trinajstić information content (AvgIpc) is 2.97.